The number of nitrogens with zero attached hydrogens (tertiary/aromatic N) is 1. The summed E-state index contributed by atoms with van der Waals surface area (Å²) >= 11 is 0. The molecule has 0 radical (unpaired) electrons. The predicted octanol–water partition coefficient (Wildman–Crippen LogP) is 4.81. The quantitative estimate of drug-likeness (QED) is 0.684. The van der Waals surface area contributed by atoms with Crippen LogP contribution in [-0.2, 0) is 19.5 Å². The van der Waals surface area contributed by atoms with Gasteiger partial charge in [-0.15, -0.1) is 0 Å². The molecule has 1 aliphatic rings. The van der Waals surface area contributed by atoms with Crippen LogP contribution in [0.25, 0.3) is 11.0 Å². The van der Waals surface area contributed by atoms with Gasteiger partial charge in [0.1, 0.15) is 5.76 Å². The number of anilines is 1. The molecule has 0 bridgehead atoms. The number of nitrogen functional groups attached to an aromatic ring is 1. The first-order valence-corrected chi connectivity index (χ1v) is 9.03. The Kier molecular flexibility index (Phi) is 3.84. The average Bonchev–Trinajstić information content (AvgIpc) is 2.95. The zero-order valence-corrected chi connectivity index (χ0v) is 15.6. The van der Waals surface area contributed by atoms with Crippen molar-refractivity contribution in [1.29, 1.82) is 0 Å². The van der Waals surface area contributed by atoms with Gasteiger partial charge >= 0.3 is 0 Å². The van der Waals surface area contributed by atoms with E-state index in [9.17, 15) is 0 Å². The maximum Gasteiger partial charge on any atom is 0.158 e. The smallest absolute Gasteiger partial charge is 0.158 e. The Morgan fingerprint density at radius 1 is 0.960 bits per heavy atom. The number of rotatable bonds is 2. The fourth-order valence-electron chi connectivity index (χ4n) is 4.09. The lowest BCUT2D eigenvalue weighted by atomic mass is 9.96. The second kappa shape index (κ2) is 5.92. The third-order valence-corrected chi connectivity index (χ3v) is 5.97. The highest BCUT2D eigenvalue weighted by atomic mass is 16.3. The SMILES string of the molecule is Cc1c(C)c(C)c2c(C)c(CN3CCc4ccccc4C3)oc2c1N. The summed E-state index contributed by atoms with van der Waals surface area (Å²) in [5, 5.41) is 1.20. The lowest BCUT2D eigenvalue weighted by Gasteiger charge is -2.28. The molecule has 0 amide bonds. The topological polar surface area (TPSA) is 42.4 Å². The van der Waals surface area contributed by atoms with Crippen molar-refractivity contribution in [3.05, 3.63) is 63.4 Å². The van der Waals surface area contributed by atoms with Gasteiger partial charge in [0.05, 0.1) is 12.2 Å². The first-order valence-electron chi connectivity index (χ1n) is 9.03. The van der Waals surface area contributed by atoms with E-state index in [1.165, 1.54) is 33.2 Å². The predicted molar refractivity (Wildman–Crippen MR) is 104 cm³/mol. The molecule has 0 saturated carbocycles. The summed E-state index contributed by atoms with van der Waals surface area (Å²) in [4.78, 5) is 2.47. The molecule has 0 spiro atoms. The highest BCUT2D eigenvalue weighted by Gasteiger charge is 2.22. The molecule has 0 aliphatic carbocycles. The molecular formula is C22H26N2O. The van der Waals surface area contributed by atoms with Crippen LogP contribution in [0, 0.1) is 27.7 Å². The fraction of sp³-hybridized carbons (Fsp3) is 0.364. The Balaban J connectivity index is 1.70. The molecular weight excluding hydrogens is 308 g/mol. The molecule has 2 aromatic carbocycles. The van der Waals surface area contributed by atoms with Crippen LogP contribution in [0.5, 0.6) is 0 Å². The van der Waals surface area contributed by atoms with Crippen LogP contribution in [-0.4, -0.2) is 11.4 Å². The van der Waals surface area contributed by atoms with Gasteiger partial charge in [-0.05, 0) is 61.9 Å². The summed E-state index contributed by atoms with van der Waals surface area (Å²) in [5.41, 5.74) is 15.9. The van der Waals surface area contributed by atoms with Gasteiger partial charge in [0, 0.05) is 24.0 Å². The molecule has 0 saturated heterocycles. The summed E-state index contributed by atoms with van der Waals surface area (Å²) in [6, 6.07) is 8.75. The van der Waals surface area contributed by atoms with Crippen LogP contribution in [0.2, 0.25) is 0 Å². The van der Waals surface area contributed by atoms with E-state index in [1.807, 2.05) is 0 Å². The molecule has 3 heteroatoms. The molecule has 2 heterocycles. The Hall–Kier alpha value is -2.26. The highest BCUT2D eigenvalue weighted by molar-refractivity contribution is 5.96. The van der Waals surface area contributed by atoms with Gasteiger partial charge in [0.2, 0.25) is 0 Å². The van der Waals surface area contributed by atoms with E-state index < -0.39 is 0 Å². The van der Waals surface area contributed by atoms with Crippen molar-refractivity contribution in [2.24, 2.45) is 0 Å². The maximum atomic E-state index is 6.36. The summed E-state index contributed by atoms with van der Waals surface area (Å²) in [7, 11) is 0. The molecule has 0 atom stereocenters. The van der Waals surface area contributed by atoms with Gasteiger partial charge in [-0.1, -0.05) is 24.3 Å². The molecule has 130 valence electrons. The van der Waals surface area contributed by atoms with E-state index in [1.54, 1.807) is 0 Å². The van der Waals surface area contributed by atoms with Crippen LogP contribution in [0.1, 0.15) is 39.1 Å². The van der Waals surface area contributed by atoms with Crippen LogP contribution in [0.15, 0.2) is 28.7 Å². The largest absolute Gasteiger partial charge is 0.457 e. The van der Waals surface area contributed by atoms with Crippen molar-refractivity contribution in [1.82, 2.24) is 4.90 Å². The minimum absolute atomic E-state index is 0.788. The molecule has 25 heavy (non-hydrogen) atoms. The van der Waals surface area contributed by atoms with E-state index in [4.69, 9.17) is 10.2 Å². The van der Waals surface area contributed by atoms with Gasteiger partial charge in [-0.3, -0.25) is 4.90 Å². The van der Waals surface area contributed by atoms with E-state index >= 15 is 0 Å². The highest BCUT2D eigenvalue weighted by Crippen LogP contribution is 2.37. The van der Waals surface area contributed by atoms with Crippen molar-refractivity contribution in [2.45, 2.75) is 47.2 Å². The minimum Gasteiger partial charge on any atom is -0.457 e. The van der Waals surface area contributed by atoms with Crippen LogP contribution < -0.4 is 5.73 Å². The number of aryl methyl sites for hydroxylation is 2. The van der Waals surface area contributed by atoms with Crippen molar-refractivity contribution in [3.8, 4) is 0 Å². The fourth-order valence-corrected chi connectivity index (χ4v) is 4.09. The van der Waals surface area contributed by atoms with Crippen LogP contribution in [0.3, 0.4) is 0 Å². The zero-order valence-electron chi connectivity index (χ0n) is 15.6. The van der Waals surface area contributed by atoms with Crippen LogP contribution >= 0.6 is 0 Å². The normalized spacial score (nSPS) is 14.9. The summed E-state index contributed by atoms with van der Waals surface area (Å²) in [6.07, 6.45) is 1.11. The monoisotopic (exact) mass is 334 g/mol. The molecule has 1 aromatic heterocycles. The second-order valence-corrected chi connectivity index (χ2v) is 7.37. The third-order valence-electron chi connectivity index (χ3n) is 5.97. The number of benzene rings is 2. The lowest BCUT2D eigenvalue weighted by molar-refractivity contribution is 0.227. The Labute approximate surface area is 149 Å². The van der Waals surface area contributed by atoms with Crippen molar-refractivity contribution < 1.29 is 4.42 Å². The Bertz CT molecular complexity index is 968. The van der Waals surface area contributed by atoms with E-state index in [-0.39, 0.29) is 0 Å². The third kappa shape index (κ3) is 2.54. The van der Waals surface area contributed by atoms with Crippen molar-refractivity contribution in [2.75, 3.05) is 12.3 Å². The Morgan fingerprint density at radius 3 is 2.44 bits per heavy atom. The lowest BCUT2D eigenvalue weighted by Crippen LogP contribution is -2.30. The molecule has 3 aromatic rings. The Morgan fingerprint density at radius 2 is 1.68 bits per heavy atom. The summed E-state index contributed by atoms with van der Waals surface area (Å²) in [5.74, 6) is 1.05. The molecule has 4 rings (SSSR count). The van der Waals surface area contributed by atoms with E-state index in [0.717, 1.165) is 48.6 Å². The standard InChI is InChI=1S/C22H26N2O/c1-13-14(2)20-16(4)19(25-22(20)21(23)15(13)3)12-24-10-9-17-7-5-6-8-18(17)11-24/h5-8H,9-12,23H2,1-4H3. The van der Waals surface area contributed by atoms with Gasteiger partial charge in [-0.2, -0.15) is 0 Å². The van der Waals surface area contributed by atoms with Crippen LogP contribution in [0.4, 0.5) is 5.69 Å². The number of hydrogen-bond acceptors (Lipinski definition) is 3. The van der Waals surface area contributed by atoms with E-state index in [0.29, 0.717) is 0 Å². The maximum absolute atomic E-state index is 6.36. The summed E-state index contributed by atoms with van der Waals surface area (Å²) < 4.78 is 6.27. The summed E-state index contributed by atoms with van der Waals surface area (Å²) in [6.45, 7) is 11.5. The molecule has 0 fully saturated rings. The van der Waals surface area contributed by atoms with E-state index in [2.05, 4.69) is 56.9 Å². The number of fused-ring (bicyclic) bond motifs is 2. The number of nitrogens with two attached hydrogens (primary N) is 1. The average molecular weight is 334 g/mol. The zero-order chi connectivity index (χ0) is 17.7. The molecule has 0 unspecified atom stereocenters. The number of furan rings is 1. The first kappa shape index (κ1) is 16.2. The second-order valence-electron chi connectivity index (χ2n) is 7.37. The van der Waals surface area contributed by atoms with Gasteiger partial charge in [-0.25, -0.2) is 0 Å². The van der Waals surface area contributed by atoms with Crippen molar-refractivity contribution in [3.63, 3.8) is 0 Å². The molecule has 3 nitrogen and oxygen atoms in total. The van der Waals surface area contributed by atoms with Gasteiger partial charge in [0.15, 0.2) is 5.58 Å². The van der Waals surface area contributed by atoms with Gasteiger partial charge < -0.3 is 10.2 Å². The first-order chi connectivity index (χ1) is 12.0. The molecule has 2 N–H and O–H groups in total. The van der Waals surface area contributed by atoms with Gasteiger partial charge in [0.25, 0.3) is 0 Å². The minimum atomic E-state index is 0.788. The molecule has 1 aliphatic heterocycles. The van der Waals surface area contributed by atoms with Crippen molar-refractivity contribution >= 4 is 16.7 Å². The number of hydrogen-bond donors (Lipinski definition) is 1.